The van der Waals surface area contributed by atoms with Crippen LogP contribution in [0.5, 0.6) is 0 Å². The van der Waals surface area contributed by atoms with Crippen LogP contribution in [-0.2, 0) is 19.1 Å². The fraction of sp³-hybridized carbons (Fsp3) is 0.846. The van der Waals surface area contributed by atoms with E-state index in [1.165, 1.54) is 19.3 Å². The van der Waals surface area contributed by atoms with Crippen molar-refractivity contribution in [2.45, 2.75) is 58.8 Å². The number of carbonyl (C=O) groups excluding carboxylic acids is 2. The van der Waals surface area contributed by atoms with Gasteiger partial charge in [0.1, 0.15) is 0 Å². The predicted molar refractivity (Wildman–Crippen MR) is 65.6 cm³/mol. The van der Waals surface area contributed by atoms with Gasteiger partial charge in [0, 0.05) is 0 Å². The Hall–Kier alpha value is -1.06. The molecule has 0 aromatic heterocycles. The molecule has 0 N–H and O–H groups in total. The minimum Gasteiger partial charge on any atom is -0.457 e. The second-order valence-electron chi connectivity index (χ2n) is 4.04. The lowest BCUT2D eigenvalue weighted by Gasteiger charge is -2.04. The van der Waals surface area contributed by atoms with Crippen LogP contribution >= 0.6 is 0 Å². The highest BCUT2D eigenvalue weighted by atomic mass is 16.6. The Balaban J connectivity index is 3.35. The van der Waals surface area contributed by atoms with E-state index in [4.69, 9.17) is 4.74 Å². The normalized spacial score (nSPS) is 10.0. The summed E-state index contributed by atoms with van der Waals surface area (Å²) in [6, 6.07) is 0. The third kappa shape index (κ3) is 9.85. The Bertz CT molecular complexity index is 213. The van der Waals surface area contributed by atoms with Gasteiger partial charge in [-0.3, -0.25) is 0 Å². The number of ether oxygens (including phenoxy) is 2. The smallest absolute Gasteiger partial charge is 0.417 e. The first kappa shape index (κ1) is 15.9. The molecular formula is C13H24O4. The van der Waals surface area contributed by atoms with Crippen molar-refractivity contribution in [3.05, 3.63) is 0 Å². The van der Waals surface area contributed by atoms with E-state index in [1.54, 1.807) is 0 Å². The molecule has 0 aliphatic carbocycles. The second kappa shape index (κ2) is 11.4. The van der Waals surface area contributed by atoms with E-state index in [0.29, 0.717) is 13.0 Å². The summed E-state index contributed by atoms with van der Waals surface area (Å²) in [4.78, 5) is 22.1. The van der Waals surface area contributed by atoms with E-state index in [2.05, 4.69) is 11.7 Å². The quantitative estimate of drug-likeness (QED) is 0.355. The maximum atomic E-state index is 11.1. The molecule has 0 heterocycles. The Kier molecular flexibility index (Phi) is 10.7. The molecule has 0 spiro atoms. The van der Waals surface area contributed by atoms with Crippen LogP contribution in [0.3, 0.4) is 0 Å². The SMILES string of the molecule is CCCCCCCCOC(=O)C(=O)OCCC. The molecule has 0 fully saturated rings. The minimum absolute atomic E-state index is 0.269. The molecule has 0 aliphatic heterocycles. The Morgan fingerprint density at radius 2 is 1.24 bits per heavy atom. The molecule has 0 atom stereocenters. The molecule has 0 unspecified atom stereocenters. The topological polar surface area (TPSA) is 52.6 Å². The lowest BCUT2D eigenvalue weighted by atomic mass is 10.1. The van der Waals surface area contributed by atoms with Gasteiger partial charge in [-0.1, -0.05) is 46.0 Å². The van der Waals surface area contributed by atoms with Gasteiger partial charge < -0.3 is 9.47 Å². The lowest BCUT2D eigenvalue weighted by Crippen LogP contribution is -2.21. The van der Waals surface area contributed by atoms with Gasteiger partial charge in [-0.2, -0.15) is 0 Å². The Morgan fingerprint density at radius 3 is 1.82 bits per heavy atom. The van der Waals surface area contributed by atoms with Crippen LogP contribution in [0.2, 0.25) is 0 Å². The van der Waals surface area contributed by atoms with Crippen molar-refractivity contribution < 1.29 is 19.1 Å². The number of carbonyl (C=O) groups is 2. The van der Waals surface area contributed by atoms with Crippen molar-refractivity contribution in [1.82, 2.24) is 0 Å². The first-order chi connectivity index (χ1) is 8.22. The molecule has 0 aromatic rings. The van der Waals surface area contributed by atoms with Gasteiger partial charge in [0.2, 0.25) is 0 Å². The largest absolute Gasteiger partial charge is 0.457 e. The molecule has 0 rings (SSSR count). The van der Waals surface area contributed by atoms with Crippen LogP contribution in [0.15, 0.2) is 0 Å². The van der Waals surface area contributed by atoms with E-state index < -0.39 is 11.9 Å². The zero-order chi connectivity index (χ0) is 12.9. The third-order valence-electron chi connectivity index (χ3n) is 2.33. The van der Waals surface area contributed by atoms with E-state index >= 15 is 0 Å². The number of rotatable bonds is 9. The number of unbranched alkanes of at least 4 members (excludes halogenated alkanes) is 5. The zero-order valence-corrected chi connectivity index (χ0v) is 11.0. The number of hydrogen-bond acceptors (Lipinski definition) is 4. The highest BCUT2D eigenvalue weighted by Crippen LogP contribution is 2.04. The highest BCUT2D eigenvalue weighted by molar-refractivity contribution is 6.29. The van der Waals surface area contributed by atoms with Crippen molar-refractivity contribution in [3.63, 3.8) is 0 Å². The van der Waals surface area contributed by atoms with Crippen molar-refractivity contribution in [3.8, 4) is 0 Å². The van der Waals surface area contributed by atoms with Crippen LogP contribution < -0.4 is 0 Å². The molecule has 0 aliphatic rings. The van der Waals surface area contributed by atoms with Gasteiger partial charge in [-0.05, 0) is 12.8 Å². The summed E-state index contributed by atoms with van der Waals surface area (Å²) >= 11 is 0. The monoisotopic (exact) mass is 244 g/mol. The average Bonchev–Trinajstić information content (AvgIpc) is 2.34. The number of esters is 2. The van der Waals surface area contributed by atoms with Crippen LogP contribution in [-0.4, -0.2) is 25.2 Å². The van der Waals surface area contributed by atoms with Gasteiger partial charge in [-0.25, -0.2) is 9.59 Å². The summed E-state index contributed by atoms with van der Waals surface area (Å²) in [7, 11) is 0. The standard InChI is InChI=1S/C13H24O4/c1-3-5-6-7-8-9-11-17-13(15)12(14)16-10-4-2/h3-11H2,1-2H3. The third-order valence-corrected chi connectivity index (χ3v) is 2.33. The van der Waals surface area contributed by atoms with Crippen molar-refractivity contribution in [2.75, 3.05) is 13.2 Å². The van der Waals surface area contributed by atoms with Crippen LogP contribution in [0.4, 0.5) is 0 Å². The first-order valence-electron chi connectivity index (χ1n) is 6.56. The van der Waals surface area contributed by atoms with E-state index in [0.717, 1.165) is 19.3 Å². The predicted octanol–water partition coefficient (Wildman–Crippen LogP) is 2.84. The molecule has 0 saturated heterocycles. The molecule has 0 aromatic carbocycles. The minimum atomic E-state index is -0.877. The molecule has 0 bridgehead atoms. The van der Waals surface area contributed by atoms with Gasteiger partial charge in [0.25, 0.3) is 0 Å². The molecule has 4 heteroatoms. The fourth-order valence-corrected chi connectivity index (χ4v) is 1.36. The summed E-state index contributed by atoms with van der Waals surface area (Å²) < 4.78 is 9.44. The van der Waals surface area contributed by atoms with Crippen molar-refractivity contribution >= 4 is 11.9 Å². The summed E-state index contributed by atoms with van der Waals surface area (Å²) in [5, 5.41) is 0. The van der Waals surface area contributed by atoms with Crippen molar-refractivity contribution in [1.29, 1.82) is 0 Å². The Morgan fingerprint density at radius 1 is 0.706 bits per heavy atom. The maximum absolute atomic E-state index is 11.1. The van der Waals surface area contributed by atoms with E-state index in [9.17, 15) is 9.59 Å². The molecule has 4 nitrogen and oxygen atoms in total. The first-order valence-corrected chi connectivity index (χ1v) is 6.56. The van der Waals surface area contributed by atoms with Gasteiger partial charge >= 0.3 is 11.9 Å². The fourth-order valence-electron chi connectivity index (χ4n) is 1.36. The maximum Gasteiger partial charge on any atom is 0.417 e. The number of hydrogen-bond donors (Lipinski definition) is 0. The summed E-state index contributed by atoms with van der Waals surface area (Å²) in [6.45, 7) is 4.62. The average molecular weight is 244 g/mol. The molecular weight excluding hydrogens is 220 g/mol. The molecule has 17 heavy (non-hydrogen) atoms. The molecule has 0 amide bonds. The van der Waals surface area contributed by atoms with Gasteiger partial charge in [0.15, 0.2) is 0 Å². The summed E-state index contributed by atoms with van der Waals surface area (Å²) in [5.41, 5.74) is 0. The molecule has 100 valence electrons. The molecule has 0 saturated carbocycles. The van der Waals surface area contributed by atoms with E-state index in [1.807, 2.05) is 6.92 Å². The lowest BCUT2D eigenvalue weighted by molar-refractivity contribution is -0.167. The van der Waals surface area contributed by atoms with Gasteiger partial charge in [-0.15, -0.1) is 0 Å². The summed E-state index contributed by atoms with van der Waals surface area (Å²) in [5.74, 6) is -1.75. The van der Waals surface area contributed by atoms with Crippen LogP contribution in [0.25, 0.3) is 0 Å². The van der Waals surface area contributed by atoms with Crippen LogP contribution in [0.1, 0.15) is 58.8 Å². The second-order valence-corrected chi connectivity index (χ2v) is 4.04. The molecule has 0 radical (unpaired) electrons. The summed E-state index contributed by atoms with van der Waals surface area (Å²) in [6.07, 6.45) is 7.42. The highest BCUT2D eigenvalue weighted by Gasteiger charge is 2.16. The van der Waals surface area contributed by atoms with E-state index in [-0.39, 0.29) is 6.61 Å². The zero-order valence-electron chi connectivity index (χ0n) is 11.0. The van der Waals surface area contributed by atoms with Crippen LogP contribution in [0, 0.1) is 0 Å². The Labute approximate surface area is 104 Å². The van der Waals surface area contributed by atoms with Gasteiger partial charge in [0.05, 0.1) is 13.2 Å². The van der Waals surface area contributed by atoms with Crippen molar-refractivity contribution in [2.24, 2.45) is 0 Å².